The van der Waals surface area contributed by atoms with Crippen LogP contribution in [-0.2, 0) is 6.26 Å². The zero-order chi connectivity index (χ0) is 7.23. The molecule has 0 atom stereocenters. The molecule has 0 nitrogen and oxygen atoms in total. The Bertz CT molecular complexity index is 217. The molecule has 1 rings (SSSR count). The summed E-state index contributed by atoms with van der Waals surface area (Å²) in [6, 6.07) is 12.3. The first-order valence-electron chi connectivity index (χ1n) is 3.21. The SMILES string of the molecule is C[s+]1cccccccc1.[Cl-]. The molecule has 0 fully saturated rings. The van der Waals surface area contributed by atoms with Gasteiger partial charge in [-0.2, -0.15) is 0 Å². The molecule has 0 unspecified atom stereocenters. The van der Waals surface area contributed by atoms with Crippen LogP contribution in [0.2, 0.25) is 0 Å². The number of halogens is 1. The maximum Gasteiger partial charge on any atom is 0.137 e. The normalized spacial score (nSPS) is 7.73. The van der Waals surface area contributed by atoms with Crippen molar-refractivity contribution in [3.05, 3.63) is 47.2 Å². The van der Waals surface area contributed by atoms with Crippen molar-refractivity contribution >= 4 is 10.5 Å². The second-order valence-corrected chi connectivity index (χ2v) is 3.79. The molecule has 60 valence electrons. The van der Waals surface area contributed by atoms with Crippen molar-refractivity contribution < 1.29 is 12.4 Å². The van der Waals surface area contributed by atoms with Crippen LogP contribution in [0.4, 0.5) is 0 Å². The third-order valence-corrected chi connectivity index (χ3v) is 2.31. The van der Waals surface area contributed by atoms with E-state index in [2.05, 4.69) is 29.1 Å². The molecule has 0 amide bonds. The van der Waals surface area contributed by atoms with Crippen LogP contribution >= 0.6 is 10.5 Å². The Balaban J connectivity index is 0.000001000. The van der Waals surface area contributed by atoms with Gasteiger partial charge in [-0.1, -0.05) is 24.3 Å². The predicted molar refractivity (Wildman–Crippen MR) is 47.5 cm³/mol. The molecule has 1 aromatic rings. The van der Waals surface area contributed by atoms with Crippen LogP contribution in [0.1, 0.15) is 0 Å². The quantitative estimate of drug-likeness (QED) is 0.505. The van der Waals surface area contributed by atoms with Crippen LogP contribution in [0.15, 0.2) is 47.2 Å². The van der Waals surface area contributed by atoms with Crippen molar-refractivity contribution in [3.63, 3.8) is 0 Å². The minimum atomic E-state index is 0. The van der Waals surface area contributed by atoms with Gasteiger partial charge in [0.15, 0.2) is 0 Å². The van der Waals surface area contributed by atoms with Gasteiger partial charge in [0.2, 0.25) is 0 Å². The lowest BCUT2D eigenvalue weighted by Crippen LogP contribution is -3.00. The lowest BCUT2D eigenvalue weighted by molar-refractivity contribution is -0.00000210. The Morgan fingerprint density at radius 3 is 1.55 bits per heavy atom. The second-order valence-electron chi connectivity index (χ2n) is 2.03. The smallest absolute Gasteiger partial charge is 0.137 e. The van der Waals surface area contributed by atoms with Gasteiger partial charge in [0.25, 0.3) is 0 Å². The highest BCUT2D eigenvalue weighted by Gasteiger charge is 1.79. The highest BCUT2D eigenvalue weighted by atomic mass is 35.5. The molecule has 2 heteroatoms. The summed E-state index contributed by atoms with van der Waals surface area (Å²) in [4.78, 5) is 0. The van der Waals surface area contributed by atoms with Crippen molar-refractivity contribution in [2.45, 2.75) is 0 Å². The summed E-state index contributed by atoms with van der Waals surface area (Å²) in [5.41, 5.74) is 0. The van der Waals surface area contributed by atoms with E-state index in [4.69, 9.17) is 0 Å². The third-order valence-electron chi connectivity index (χ3n) is 1.14. The Hall–Kier alpha value is -0.530. The van der Waals surface area contributed by atoms with Gasteiger partial charge in [-0.3, -0.25) is 0 Å². The van der Waals surface area contributed by atoms with Crippen LogP contribution in [0.3, 0.4) is 0 Å². The Kier molecular flexibility index (Phi) is 5.90. The summed E-state index contributed by atoms with van der Waals surface area (Å²) < 4.78 is 0. The first-order valence-corrected chi connectivity index (χ1v) is 4.97. The standard InChI is InChI=1S/C9H11S.ClH/c1-10-8-6-4-2-3-5-7-9-10;/h2-9H,1H3;1H/q+1;/p-1. The van der Waals surface area contributed by atoms with Crippen molar-refractivity contribution in [2.75, 3.05) is 0 Å². The highest BCUT2D eigenvalue weighted by molar-refractivity contribution is 7.26. The minimum absolute atomic E-state index is 0. The number of aryl methyl sites for hydroxylation is 1. The van der Waals surface area contributed by atoms with E-state index in [0.29, 0.717) is 10.5 Å². The van der Waals surface area contributed by atoms with Gasteiger partial charge in [-0.25, -0.2) is 0 Å². The minimum Gasteiger partial charge on any atom is -1.00 e. The summed E-state index contributed by atoms with van der Waals surface area (Å²) >= 11 is 0. The summed E-state index contributed by atoms with van der Waals surface area (Å²) in [6.45, 7) is 0. The van der Waals surface area contributed by atoms with Crippen molar-refractivity contribution in [1.29, 1.82) is 0 Å². The third kappa shape index (κ3) is 4.82. The molecule has 0 aromatic carbocycles. The van der Waals surface area contributed by atoms with Crippen LogP contribution < -0.4 is 12.4 Å². The lowest BCUT2D eigenvalue weighted by Gasteiger charge is -1.67. The molecule has 0 saturated carbocycles. The molecular weight excluding hydrogens is 176 g/mol. The molecule has 0 aliphatic carbocycles. The molecule has 1 aromatic heterocycles. The van der Waals surface area contributed by atoms with Crippen LogP contribution in [-0.4, -0.2) is 0 Å². The average Bonchev–Trinajstić information content (AvgIpc) is 2.02. The van der Waals surface area contributed by atoms with Crippen molar-refractivity contribution in [1.82, 2.24) is 0 Å². The highest BCUT2D eigenvalue weighted by Crippen LogP contribution is 2.05. The van der Waals surface area contributed by atoms with E-state index in [-0.39, 0.29) is 12.4 Å². The largest absolute Gasteiger partial charge is 1.00 e. The summed E-state index contributed by atoms with van der Waals surface area (Å²) in [5, 5.41) is 4.39. The summed E-state index contributed by atoms with van der Waals surface area (Å²) in [7, 11) is 0.307. The van der Waals surface area contributed by atoms with E-state index >= 15 is 0 Å². The molecule has 0 N–H and O–H groups in total. The topological polar surface area (TPSA) is 0 Å². The molecule has 0 spiro atoms. The summed E-state index contributed by atoms with van der Waals surface area (Å²) in [5.74, 6) is 0. The van der Waals surface area contributed by atoms with E-state index in [1.807, 2.05) is 24.3 Å². The van der Waals surface area contributed by atoms with Crippen LogP contribution in [0.25, 0.3) is 0 Å². The molecule has 11 heavy (non-hydrogen) atoms. The van der Waals surface area contributed by atoms with E-state index < -0.39 is 0 Å². The van der Waals surface area contributed by atoms with Gasteiger partial charge in [0.1, 0.15) is 17.0 Å². The van der Waals surface area contributed by atoms with Gasteiger partial charge >= 0.3 is 0 Å². The van der Waals surface area contributed by atoms with Crippen molar-refractivity contribution in [3.8, 4) is 0 Å². The molecule has 0 radical (unpaired) electrons. The predicted octanol–water partition coefficient (Wildman–Crippen LogP) is 0.101. The molecular formula is C9H11ClS. The molecule has 0 aliphatic rings. The molecule has 0 aliphatic heterocycles. The molecule has 0 saturated heterocycles. The second kappa shape index (κ2) is 6.20. The number of hydrogen-bond acceptors (Lipinski definition) is 0. The van der Waals surface area contributed by atoms with Gasteiger partial charge < -0.3 is 12.4 Å². The number of rotatable bonds is 0. The van der Waals surface area contributed by atoms with Gasteiger partial charge in [0, 0.05) is 0 Å². The first-order chi connectivity index (χ1) is 4.89. The molecule has 0 bridgehead atoms. The first kappa shape index (κ1) is 10.5. The fraction of sp³-hybridized carbons (Fsp3) is 0.111. The fourth-order valence-electron chi connectivity index (χ4n) is 0.641. The lowest BCUT2D eigenvalue weighted by atomic mass is 10.5. The van der Waals surface area contributed by atoms with Crippen molar-refractivity contribution in [2.24, 2.45) is 6.26 Å². The maximum atomic E-state index is 2.19. The van der Waals surface area contributed by atoms with Gasteiger partial charge in [-0.15, -0.1) is 0 Å². The van der Waals surface area contributed by atoms with Crippen LogP contribution in [0.5, 0.6) is 0 Å². The van der Waals surface area contributed by atoms with E-state index in [1.54, 1.807) is 0 Å². The van der Waals surface area contributed by atoms with Gasteiger partial charge in [-0.05, 0) is 22.6 Å². The average molecular weight is 187 g/mol. The Morgan fingerprint density at radius 2 is 1.09 bits per heavy atom. The molecule has 1 heterocycles. The van der Waals surface area contributed by atoms with E-state index in [9.17, 15) is 0 Å². The number of hydrogen-bond donors (Lipinski definition) is 0. The van der Waals surface area contributed by atoms with Gasteiger partial charge in [0.05, 0.1) is 0 Å². The van der Waals surface area contributed by atoms with E-state index in [1.165, 1.54) is 0 Å². The maximum absolute atomic E-state index is 2.19. The zero-order valence-corrected chi connectivity index (χ0v) is 7.98. The Morgan fingerprint density at radius 1 is 0.727 bits per heavy atom. The fourth-order valence-corrected chi connectivity index (χ4v) is 1.41. The van der Waals surface area contributed by atoms with Crippen LogP contribution in [0, 0.1) is 0 Å². The monoisotopic (exact) mass is 186 g/mol. The zero-order valence-electron chi connectivity index (χ0n) is 6.41. The Labute approximate surface area is 76.6 Å². The summed E-state index contributed by atoms with van der Waals surface area (Å²) in [6.07, 6.45) is 2.19. The van der Waals surface area contributed by atoms with E-state index in [0.717, 1.165) is 0 Å².